The molecule has 3 nitrogen and oxygen atoms in total. The van der Waals surface area contributed by atoms with Gasteiger partial charge in [-0.25, -0.2) is 0 Å². The fourth-order valence-corrected chi connectivity index (χ4v) is 3.04. The van der Waals surface area contributed by atoms with Crippen molar-refractivity contribution in [3.05, 3.63) is 71.3 Å². The van der Waals surface area contributed by atoms with Crippen LogP contribution in [-0.2, 0) is 6.42 Å². The van der Waals surface area contributed by atoms with E-state index >= 15 is 0 Å². The first kappa shape index (κ1) is 18.2. The molecule has 3 heteroatoms. The van der Waals surface area contributed by atoms with E-state index in [2.05, 4.69) is 50.3 Å². The van der Waals surface area contributed by atoms with Crippen molar-refractivity contribution < 1.29 is 4.79 Å². The summed E-state index contributed by atoms with van der Waals surface area (Å²) in [5.41, 5.74) is 3.08. The molecule has 0 radical (unpaired) electrons. The lowest BCUT2D eigenvalue weighted by Crippen LogP contribution is -2.40. The number of hydrogen-bond acceptors (Lipinski definition) is 2. The van der Waals surface area contributed by atoms with Crippen molar-refractivity contribution >= 4 is 5.91 Å². The SMILES string of the molecule is CN(C)CC(C)(C)CNC(=O)c1ccccc1Cc1ccccc1. The van der Waals surface area contributed by atoms with Crippen molar-refractivity contribution in [1.82, 2.24) is 10.2 Å². The van der Waals surface area contributed by atoms with E-state index in [1.807, 2.05) is 42.5 Å². The molecule has 1 amide bonds. The van der Waals surface area contributed by atoms with Gasteiger partial charge in [-0.1, -0.05) is 62.4 Å². The van der Waals surface area contributed by atoms with Gasteiger partial charge in [0, 0.05) is 18.7 Å². The van der Waals surface area contributed by atoms with Crippen molar-refractivity contribution in [2.75, 3.05) is 27.2 Å². The summed E-state index contributed by atoms with van der Waals surface area (Å²) in [6.45, 7) is 5.93. The minimum absolute atomic E-state index is 0.00774. The maximum Gasteiger partial charge on any atom is 0.251 e. The van der Waals surface area contributed by atoms with Gasteiger partial charge < -0.3 is 10.2 Å². The summed E-state index contributed by atoms with van der Waals surface area (Å²) < 4.78 is 0. The number of nitrogens with zero attached hydrogens (tertiary/aromatic N) is 1. The van der Waals surface area contributed by atoms with E-state index in [0.717, 1.165) is 24.1 Å². The van der Waals surface area contributed by atoms with Crippen LogP contribution in [0.3, 0.4) is 0 Å². The van der Waals surface area contributed by atoms with Crippen LogP contribution >= 0.6 is 0 Å². The average molecular weight is 324 g/mol. The molecule has 24 heavy (non-hydrogen) atoms. The molecule has 0 aliphatic heterocycles. The monoisotopic (exact) mass is 324 g/mol. The van der Waals surface area contributed by atoms with E-state index in [1.54, 1.807) is 0 Å². The highest BCUT2D eigenvalue weighted by molar-refractivity contribution is 5.95. The van der Waals surface area contributed by atoms with Crippen LogP contribution in [0.4, 0.5) is 0 Å². The zero-order valence-corrected chi connectivity index (χ0v) is 15.2. The molecule has 2 rings (SSSR count). The smallest absolute Gasteiger partial charge is 0.251 e. The van der Waals surface area contributed by atoms with Crippen LogP contribution in [0.25, 0.3) is 0 Å². The minimum atomic E-state index is 0.00774. The fourth-order valence-electron chi connectivity index (χ4n) is 3.04. The first-order valence-corrected chi connectivity index (χ1v) is 8.42. The molecule has 2 aromatic carbocycles. The lowest BCUT2D eigenvalue weighted by molar-refractivity contribution is 0.0928. The van der Waals surface area contributed by atoms with Crippen LogP contribution in [0, 0.1) is 5.41 Å². The van der Waals surface area contributed by atoms with E-state index in [0.29, 0.717) is 6.54 Å². The van der Waals surface area contributed by atoms with Crippen molar-refractivity contribution in [3.63, 3.8) is 0 Å². The van der Waals surface area contributed by atoms with Gasteiger partial charge in [0.15, 0.2) is 0 Å². The molecule has 0 saturated carbocycles. The molecule has 0 saturated heterocycles. The fraction of sp³-hybridized carbons (Fsp3) is 0.381. The Labute approximate surface area is 145 Å². The average Bonchev–Trinajstić information content (AvgIpc) is 2.53. The third-order valence-corrected chi connectivity index (χ3v) is 3.97. The first-order valence-electron chi connectivity index (χ1n) is 8.42. The molecule has 1 N–H and O–H groups in total. The summed E-state index contributed by atoms with van der Waals surface area (Å²) in [4.78, 5) is 14.8. The van der Waals surface area contributed by atoms with E-state index in [9.17, 15) is 4.79 Å². The Kier molecular flexibility index (Phi) is 6.16. The topological polar surface area (TPSA) is 32.3 Å². The number of carbonyl (C=O) groups excluding carboxylic acids is 1. The van der Waals surface area contributed by atoms with Gasteiger partial charge in [0.2, 0.25) is 0 Å². The predicted octanol–water partition coefficient (Wildman–Crippen LogP) is 3.60. The zero-order chi connectivity index (χ0) is 17.6. The standard InChI is InChI=1S/C21H28N2O/c1-21(2,16-23(3)4)15-22-20(24)19-13-9-8-12-18(19)14-17-10-6-5-7-11-17/h5-13H,14-16H2,1-4H3,(H,22,24). The second-order valence-corrected chi connectivity index (χ2v) is 7.40. The molecule has 0 bridgehead atoms. The summed E-state index contributed by atoms with van der Waals surface area (Å²) in [6.07, 6.45) is 0.769. The normalized spacial score (nSPS) is 11.5. The highest BCUT2D eigenvalue weighted by Crippen LogP contribution is 2.17. The second-order valence-electron chi connectivity index (χ2n) is 7.40. The van der Waals surface area contributed by atoms with Crippen LogP contribution in [0.2, 0.25) is 0 Å². The van der Waals surface area contributed by atoms with Crippen molar-refractivity contribution in [2.24, 2.45) is 5.41 Å². The van der Waals surface area contributed by atoms with Gasteiger partial charge >= 0.3 is 0 Å². The van der Waals surface area contributed by atoms with Crippen LogP contribution < -0.4 is 5.32 Å². The molecule has 0 aliphatic carbocycles. The highest BCUT2D eigenvalue weighted by Gasteiger charge is 2.21. The third kappa shape index (κ3) is 5.50. The Balaban J connectivity index is 2.07. The minimum Gasteiger partial charge on any atom is -0.351 e. The molecular formula is C21H28N2O. The molecule has 128 valence electrons. The maximum absolute atomic E-state index is 12.7. The Hall–Kier alpha value is -2.13. The Morgan fingerprint density at radius 3 is 2.29 bits per heavy atom. The Bertz CT molecular complexity index is 663. The number of hydrogen-bond donors (Lipinski definition) is 1. The third-order valence-electron chi connectivity index (χ3n) is 3.97. The van der Waals surface area contributed by atoms with Gasteiger partial charge in [-0.2, -0.15) is 0 Å². The molecule has 0 unspecified atom stereocenters. The number of rotatable bonds is 7. The van der Waals surface area contributed by atoms with Gasteiger partial charge in [0.1, 0.15) is 0 Å². The molecule has 0 aliphatic rings. The molecule has 2 aromatic rings. The number of benzene rings is 2. The largest absolute Gasteiger partial charge is 0.351 e. The highest BCUT2D eigenvalue weighted by atomic mass is 16.1. The Morgan fingerprint density at radius 2 is 1.62 bits per heavy atom. The number of nitrogens with one attached hydrogen (secondary N) is 1. The van der Waals surface area contributed by atoms with E-state index in [4.69, 9.17) is 0 Å². The van der Waals surface area contributed by atoms with Crippen LogP contribution in [0.15, 0.2) is 54.6 Å². The van der Waals surface area contributed by atoms with Crippen molar-refractivity contribution in [3.8, 4) is 0 Å². The van der Waals surface area contributed by atoms with Gasteiger partial charge in [0.25, 0.3) is 5.91 Å². The molecular weight excluding hydrogens is 296 g/mol. The van der Waals surface area contributed by atoms with Gasteiger partial charge in [-0.15, -0.1) is 0 Å². The summed E-state index contributed by atoms with van der Waals surface area (Å²) in [7, 11) is 4.11. The lowest BCUT2D eigenvalue weighted by Gasteiger charge is -2.28. The van der Waals surface area contributed by atoms with Crippen LogP contribution in [-0.4, -0.2) is 38.0 Å². The summed E-state index contributed by atoms with van der Waals surface area (Å²) >= 11 is 0. The number of amides is 1. The zero-order valence-electron chi connectivity index (χ0n) is 15.2. The van der Waals surface area contributed by atoms with Gasteiger partial charge in [0.05, 0.1) is 0 Å². The predicted molar refractivity (Wildman–Crippen MR) is 100 cm³/mol. The molecule has 0 heterocycles. The van der Waals surface area contributed by atoms with Crippen LogP contribution in [0.1, 0.15) is 35.3 Å². The van der Waals surface area contributed by atoms with Crippen LogP contribution in [0.5, 0.6) is 0 Å². The lowest BCUT2D eigenvalue weighted by atomic mass is 9.92. The van der Waals surface area contributed by atoms with E-state index < -0.39 is 0 Å². The quantitative estimate of drug-likeness (QED) is 0.844. The molecule has 0 spiro atoms. The second kappa shape index (κ2) is 8.11. The summed E-state index contributed by atoms with van der Waals surface area (Å²) in [5, 5.41) is 3.11. The first-order chi connectivity index (χ1) is 11.4. The summed E-state index contributed by atoms with van der Waals surface area (Å²) in [5.74, 6) is 0.00774. The van der Waals surface area contributed by atoms with E-state index in [1.165, 1.54) is 5.56 Å². The molecule has 0 atom stereocenters. The van der Waals surface area contributed by atoms with Gasteiger partial charge in [-0.3, -0.25) is 4.79 Å². The van der Waals surface area contributed by atoms with Crippen molar-refractivity contribution in [2.45, 2.75) is 20.3 Å². The Morgan fingerprint density at radius 1 is 1.00 bits per heavy atom. The van der Waals surface area contributed by atoms with Crippen molar-refractivity contribution in [1.29, 1.82) is 0 Å². The van der Waals surface area contributed by atoms with E-state index in [-0.39, 0.29) is 11.3 Å². The maximum atomic E-state index is 12.7. The summed E-state index contributed by atoms with van der Waals surface area (Å²) in [6, 6.07) is 18.1. The van der Waals surface area contributed by atoms with Gasteiger partial charge in [-0.05, 0) is 43.1 Å². The molecule has 0 aromatic heterocycles. The molecule has 0 fully saturated rings. The number of carbonyl (C=O) groups is 1.